The molecule has 1 aliphatic heterocycles. The van der Waals surface area contributed by atoms with E-state index in [-0.39, 0.29) is 0 Å². The summed E-state index contributed by atoms with van der Waals surface area (Å²) in [5.41, 5.74) is 0.979. The molecular formula is C17H25N7. The Morgan fingerprint density at radius 2 is 2.08 bits per heavy atom. The lowest BCUT2D eigenvalue weighted by Crippen LogP contribution is -2.40. The predicted octanol–water partition coefficient (Wildman–Crippen LogP) is 1.75. The fourth-order valence-corrected chi connectivity index (χ4v) is 3.11. The highest BCUT2D eigenvalue weighted by Gasteiger charge is 2.27. The molecule has 0 spiro atoms. The van der Waals surface area contributed by atoms with Crippen LogP contribution in [0.4, 0.5) is 17.6 Å². The third kappa shape index (κ3) is 3.55. The summed E-state index contributed by atoms with van der Waals surface area (Å²) < 4.78 is 0. The van der Waals surface area contributed by atoms with Crippen LogP contribution >= 0.6 is 0 Å². The van der Waals surface area contributed by atoms with Crippen LogP contribution in [0.25, 0.3) is 0 Å². The molecule has 3 heterocycles. The first-order chi connectivity index (χ1) is 11.5. The van der Waals surface area contributed by atoms with Gasteiger partial charge in [-0.3, -0.25) is 0 Å². The quantitative estimate of drug-likeness (QED) is 0.829. The summed E-state index contributed by atoms with van der Waals surface area (Å²) in [7, 11) is 6.05. The molecule has 1 fully saturated rings. The van der Waals surface area contributed by atoms with E-state index in [1.165, 1.54) is 6.42 Å². The standard InChI is InChI=1S/C17H25N7/c1-13-11-16(22(2)3)20-17(19-13)23(4)12-14-7-6-10-24(14)15-8-5-9-18-21-15/h5,8-9,11,14H,6-7,10,12H2,1-4H3/t14-/m0/s1. The van der Waals surface area contributed by atoms with E-state index in [1.807, 2.05) is 44.1 Å². The normalized spacial score (nSPS) is 17.2. The third-order valence-electron chi connectivity index (χ3n) is 4.34. The van der Waals surface area contributed by atoms with E-state index in [0.29, 0.717) is 6.04 Å². The van der Waals surface area contributed by atoms with Gasteiger partial charge >= 0.3 is 0 Å². The largest absolute Gasteiger partial charge is 0.363 e. The van der Waals surface area contributed by atoms with E-state index in [1.54, 1.807) is 6.20 Å². The second-order valence-electron chi connectivity index (χ2n) is 6.51. The van der Waals surface area contributed by atoms with Gasteiger partial charge < -0.3 is 14.7 Å². The van der Waals surface area contributed by atoms with Gasteiger partial charge in [-0.05, 0) is 31.9 Å². The fraction of sp³-hybridized carbons (Fsp3) is 0.529. The fourth-order valence-electron chi connectivity index (χ4n) is 3.11. The van der Waals surface area contributed by atoms with Crippen LogP contribution in [0, 0.1) is 6.92 Å². The molecule has 2 aromatic rings. The summed E-state index contributed by atoms with van der Waals surface area (Å²) in [5, 5.41) is 8.27. The van der Waals surface area contributed by atoms with Crippen molar-refractivity contribution in [1.29, 1.82) is 0 Å². The Hall–Kier alpha value is -2.44. The van der Waals surface area contributed by atoms with Gasteiger partial charge in [-0.15, -0.1) is 5.10 Å². The molecular weight excluding hydrogens is 302 g/mol. The van der Waals surface area contributed by atoms with Gasteiger partial charge in [0.15, 0.2) is 5.82 Å². The number of aryl methyl sites for hydroxylation is 1. The van der Waals surface area contributed by atoms with Crippen LogP contribution in [0.5, 0.6) is 0 Å². The monoisotopic (exact) mass is 327 g/mol. The Morgan fingerprint density at radius 1 is 1.25 bits per heavy atom. The average Bonchev–Trinajstić information content (AvgIpc) is 3.03. The van der Waals surface area contributed by atoms with Crippen molar-refractivity contribution in [3.05, 3.63) is 30.1 Å². The van der Waals surface area contributed by atoms with Crippen LogP contribution in [-0.2, 0) is 0 Å². The molecule has 24 heavy (non-hydrogen) atoms. The number of anilines is 3. The molecule has 2 aromatic heterocycles. The van der Waals surface area contributed by atoms with Crippen LogP contribution in [0.2, 0.25) is 0 Å². The van der Waals surface area contributed by atoms with E-state index < -0.39 is 0 Å². The van der Waals surface area contributed by atoms with Crippen LogP contribution in [-0.4, -0.2) is 60.4 Å². The molecule has 0 aliphatic carbocycles. The lowest BCUT2D eigenvalue weighted by Gasteiger charge is -2.29. The molecule has 3 rings (SSSR count). The van der Waals surface area contributed by atoms with Gasteiger partial charge in [0.2, 0.25) is 5.95 Å². The second-order valence-corrected chi connectivity index (χ2v) is 6.51. The molecule has 7 nitrogen and oxygen atoms in total. The summed E-state index contributed by atoms with van der Waals surface area (Å²) in [6.45, 7) is 3.90. The maximum Gasteiger partial charge on any atom is 0.227 e. The minimum absolute atomic E-state index is 0.401. The Kier molecular flexibility index (Phi) is 4.78. The molecule has 0 bridgehead atoms. The topological polar surface area (TPSA) is 61.3 Å². The first-order valence-electron chi connectivity index (χ1n) is 8.33. The van der Waals surface area contributed by atoms with E-state index in [0.717, 1.165) is 42.8 Å². The molecule has 128 valence electrons. The number of rotatable bonds is 5. The van der Waals surface area contributed by atoms with Crippen molar-refractivity contribution in [2.24, 2.45) is 0 Å². The Labute approximate surface area is 143 Å². The lowest BCUT2D eigenvalue weighted by atomic mass is 10.2. The minimum Gasteiger partial charge on any atom is -0.363 e. The van der Waals surface area contributed by atoms with Gasteiger partial charge in [-0.2, -0.15) is 10.1 Å². The van der Waals surface area contributed by atoms with Crippen molar-refractivity contribution >= 4 is 17.6 Å². The van der Waals surface area contributed by atoms with Gasteiger partial charge in [0.25, 0.3) is 0 Å². The van der Waals surface area contributed by atoms with Crippen molar-refractivity contribution in [1.82, 2.24) is 20.2 Å². The van der Waals surface area contributed by atoms with Gasteiger partial charge in [0.05, 0.1) is 0 Å². The summed E-state index contributed by atoms with van der Waals surface area (Å²) in [5.74, 6) is 2.65. The zero-order valence-electron chi connectivity index (χ0n) is 14.8. The van der Waals surface area contributed by atoms with Crippen molar-refractivity contribution in [3.8, 4) is 0 Å². The molecule has 0 saturated carbocycles. The highest BCUT2D eigenvalue weighted by atomic mass is 15.3. The van der Waals surface area contributed by atoms with Gasteiger partial charge in [-0.1, -0.05) is 0 Å². The molecule has 0 aromatic carbocycles. The van der Waals surface area contributed by atoms with Crippen LogP contribution in [0.3, 0.4) is 0 Å². The van der Waals surface area contributed by atoms with E-state index >= 15 is 0 Å². The van der Waals surface area contributed by atoms with Crippen molar-refractivity contribution in [2.45, 2.75) is 25.8 Å². The van der Waals surface area contributed by atoms with E-state index in [9.17, 15) is 0 Å². The van der Waals surface area contributed by atoms with E-state index in [4.69, 9.17) is 0 Å². The smallest absolute Gasteiger partial charge is 0.227 e. The van der Waals surface area contributed by atoms with Crippen LogP contribution < -0.4 is 14.7 Å². The van der Waals surface area contributed by atoms with Gasteiger partial charge in [-0.25, -0.2) is 4.98 Å². The van der Waals surface area contributed by atoms with Gasteiger partial charge in [0, 0.05) is 58.2 Å². The van der Waals surface area contributed by atoms with Gasteiger partial charge in [0.1, 0.15) is 5.82 Å². The van der Waals surface area contributed by atoms with Crippen molar-refractivity contribution in [3.63, 3.8) is 0 Å². The second kappa shape index (κ2) is 6.98. The Bertz CT molecular complexity index is 674. The lowest BCUT2D eigenvalue weighted by molar-refractivity contribution is 0.638. The minimum atomic E-state index is 0.401. The van der Waals surface area contributed by atoms with E-state index in [2.05, 4.69) is 37.0 Å². The molecule has 0 N–H and O–H groups in total. The summed E-state index contributed by atoms with van der Waals surface area (Å²) in [6, 6.07) is 6.37. The van der Waals surface area contributed by atoms with Crippen molar-refractivity contribution < 1.29 is 0 Å². The predicted molar refractivity (Wildman–Crippen MR) is 96.8 cm³/mol. The third-order valence-corrected chi connectivity index (χ3v) is 4.34. The first-order valence-corrected chi connectivity index (χ1v) is 8.33. The molecule has 0 radical (unpaired) electrons. The highest BCUT2D eigenvalue weighted by Crippen LogP contribution is 2.24. The Balaban J connectivity index is 1.75. The first kappa shape index (κ1) is 16.4. The summed E-state index contributed by atoms with van der Waals surface area (Å²) >= 11 is 0. The number of aromatic nitrogens is 4. The molecule has 0 amide bonds. The Morgan fingerprint density at radius 3 is 2.79 bits per heavy atom. The van der Waals surface area contributed by atoms with Crippen LogP contribution in [0.1, 0.15) is 18.5 Å². The summed E-state index contributed by atoms with van der Waals surface area (Å²) in [6.07, 6.45) is 4.03. The zero-order valence-corrected chi connectivity index (χ0v) is 14.8. The number of nitrogens with zero attached hydrogens (tertiary/aromatic N) is 7. The molecule has 1 saturated heterocycles. The molecule has 7 heteroatoms. The maximum absolute atomic E-state index is 4.67. The van der Waals surface area contributed by atoms with Crippen molar-refractivity contribution in [2.75, 3.05) is 48.9 Å². The van der Waals surface area contributed by atoms with Crippen LogP contribution in [0.15, 0.2) is 24.4 Å². The zero-order chi connectivity index (χ0) is 17.1. The number of hydrogen-bond acceptors (Lipinski definition) is 7. The molecule has 0 unspecified atom stereocenters. The average molecular weight is 327 g/mol. The molecule has 1 atom stereocenters. The summed E-state index contributed by atoms with van der Waals surface area (Å²) in [4.78, 5) is 15.7. The number of hydrogen-bond donors (Lipinski definition) is 0. The maximum atomic E-state index is 4.67. The molecule has 1 aliphatic rings. The number of likely N-dealkylation sites (N-methyl/N-ethyl adjacent to an activating group) is 1. The SMILES string of the molecule is Cc1cc(N(C)C)nc(N(C)C[C@@H]2CCCN2c2cccnn2)n1. The highest BCUT2D eigenvalue weighted by molar-refractivity contribution is 5.45.